The molecule has 0 saturated heterocycles. The van der Waals surface area contributed by atoms with Crippen LogP contribution in [0.3, 0.4) is 0 Å². The van der Waals surface area contributed by atoms with Crippen molar-refractivity contribution in [1.82, 2.24) is 4.98 Å². The van der Waals surface area contributed by atoms with Crippen LogP contribution in [0, 0.1) is 0 Å². The zero-order chi connectivity index (χ0) is 14.5. The summed E-state index contributed by atoms with van der Waals surface area (Å²) < 4.78 is 11.9. The maximum absolute atomic E-state index is 9.76. The van der Waals surface area contributed by atoms with E-state index in [1.165, 1.54) is 0 Å². The van der Waals surface area contributed by atoms with Crippen LogP contribution in [0.2, 0.25) is 0 Å². The van der Waals surface area contributed by atoms with Crippen LogP contribution in [0.5, 0.6) is 11.6 Å². The number of aromatic nitrogens is 1. The van der Waals surface area contributed by atoms with Crippen molar-refractivity contribution >= 4 is 15.9 Å². The fraction of sp³-hybridized carbons (Fsp3) is 0.267. The second-order valence-electron chi connectivity index (χ2n) is 4.32. The number of ether oxygens (including phenoxy) is 2. The fourth-order valence-electron chi connectivity index (χ4n) is 1.85. The molecule has 106 valence electrons. The van der Waals surface area contributed by atoms with Gasteiger partial charge in [-0.3, -0.25) is 0 Å². The van der Waals surface area contributed by atoms with E-state index < -0.39 is 6.10 Å². The highest BCUT2D eigenvalue weighted by atomic mass is 79.9. The van der Waals surface area contributed by atoms with Crippen LogP contribution in [-0.4, -0.2) is 17.2 Å². The van der Waals surface area contributed by atoms with Crippen molar-refractivity contribution in [2.45, 2.75) is 19.6 Å². The smallest absolute Gasteiger partial charge is 0.219 e. The Morgan fingerprint density at radius 3 is 2.85 bits per heavy atom. The van der Waals surface area contributed by atoms with E-state index in [1.54, 1.807) is 20.2 Å². The van der Waals surface area contributed by atoms with Crippen molar-refractivity contribution in [2.24, 2.45) is 0 Å². The molecule has 1 heterocycles. The van der Waals surface area contributed by atoms with Crippen LogP contribution in [0.4, 0.5) is 0 Å². The van der Waals surface area contributed by atoms with E-state index in [4.69, 9.17) is 9.47 Å². The van der Waals surface area contributed by atoms with Crippen LogP contribution in [0.25, 0.3) is 0 Å². The number of hydrogen-bond acceptors (Lipinski definition) is 4. The molecule has 20 heavy (non-hydrogen) atoms. The van der Waals surface area contributed by atoms with Crippen molar-refractivity contribution in [3.05, 3.63) is 52.1 Å². The van der Waals surface area contributed by atoms with Gasteiger partial charge in [0.2, 0.25) is 5.88 Å². The molecular weight excluding hydrogens is 322 g/mol. The van der Waals surface area contributed by atoms with Gasteiger partial charge in [0.25, 0.3) is 0 Å². The molecule has 0 radical (unpaired) electrons. The van der Waals surface area contributed by atoms with Crippen LogP contribution in [0.1, 0.15) is 24.2 Å². The second-order valence-corrected chi connectivity index (χ2v) is 5.23. The van der Waals surface area contributed by atoms with Gasteiger partial charge in [-0.2, -0.15) is 0 Å². The first kappa shape index (κ1) is 14.8. The minimum absolute atomic E-state index is 0.327. The third-order valence-corrected chi connectivity index (χ3v) is 3.35. The molecule has 1 atom stereocenters. The zero-order valence-electron chi connectivity index (χ0n) is 11.3. The van der Waals surface area contributed by atoms with E-state index in [1.807, 2.05) is 30.3 Å². The lowest BCUT2D eigenvalue weighted by Crippen LogP contribution is -2.03. The summed E-state index contributed by atoms with van der Waals surface area (Å²) in [7, 11) is 1.58. The molecule has 5 heteroatoms. The Kier molecular flexibility index (Phi) is 4.98. The molecule has 0 bridgehead atoms. The van der Waals surface area contributed by atoms with E-state index in [0.717, 1.165) is 15.6 Å². The first-order valence-corrected chi connectivity index (χ1v) is 6.99. The van der Waals surface area contributed by atoms with Gasteiger partial charge in [0.1, 0.15) is 12.4 Å². The number of aliphatic hydroxyl groups is 1. The Morgan fingerprint density at radius 2 is 2.15 bits per heavy atom. The lowest BCUT2D eigenvalue weighted by atomic mass is 10.1. The van der Waals surface area contributed by atoms with Crippen molar-refractivity contribution in [3.63, 3.8) is 0 Å². The molecule has 0 aliphatic heterocycles. The average molecular weight is 338 g/mol. The second kappa shape index (κ2) is 6.72. The van der Waals surface area contributed by atoms with Crippen molar-refractivity contribution in [3.8, 4) is 11.6 Å². The Labute approximate surface area is 126 Å². The summed E-state index contributed by atoms with van der Waals surface area (Å²) in [5.41, 5.74) is 1.60. The van der Waals surface area contributed by atoms with Crippen LogP contribution >= 0.6 is 15.9 Å². The topological polar surface area (TPSA) is 51.6 Å². The Bertz CT molecular complexity index is 587. The predicted molar refractivity (Wildman–Crippen MR) is 79.9 cm³/mol. The van der Waals surface area contributed by atoms with Gasteiger partial charge in [0, 0.05) is 16.2 Å². The zero-order valence-corrected chi connectivity index (χ0v) is 12.9. The minimum atomic E-state index is -0.589. The molecular formula is C15H16BrNO3. The summed E-state index contributed by atoms with van der Waals surface area (Å²) in [6.45, 7) is 2.04. The first-order valence-electron chi connectivity index (χ1n) is 6.20. The highest BCUT2D eigenvalue weighted by Gasteiger charge is 2.11. The number of hydrogen-bond donors (Lipinski definition) is 1. The number of nitrogens with zero attached hydrogens (tertiary/aromatic N) is 1. The number of pyridine rings is 1. The normalized spacial score (nSPS) is 12.0. The summed E-state index contributed by atoms with van der Waals surface area (Å²) in [5, 5.41) is 9.76. The molecule has 2 aromatic rings. The summed E-state index contributed by atoms with van der Waals surface area (Å²) in [4.78, 5) is 4.12. The molecule has 0 aliphatic carbocycles. The fourth-order valence-corrected chi connectivity index (χ4v) is 2.19. The molecule has 1 aromatic carbocycles. The molecule has 1 N–H and O–H groups in total. The van der Waals surface area contributed by atoms with Gasteiger partial charge in [-0.25, -0.2) is 4.98 Å². The first-order chi connectivity index (χ1) is 9.61. The van der Waals surface area contributed by atoms with Gasteiger partial charge >= 0.3 is 0 Å². The largest absolute Gasteiger partial charge is 0.488 e. The number of rotatable bonds is 5. The number of methoxy groups -OCH3 is 1. The number of aliphatic hydroxyl groups excluding tert-OH is 1. The minimum Gasteiger partial charge on any atom is -0.488 e. The van der Waals surface area contributed by atoms with Gasteiger partial charge in [0.05, 0.1) is 18.8 Å². The molecule has 0 spiro atoms. The third kappa shape index (κ3) is 3.49. The van der Waals surface area contributed by atoms with E-state index in [9.17, 15) is 5.11 Å². The predicted octanol–water partition coefficient (Wildman–Crippen LogP) is 3.49. The molecule has 0 fully saturated rings. The molecule has 0 saturated carbocycles. The van der Waals surface area contributed by atoms with Crippen LogP contribution in [0.15, 0.2) is 41.0 Å². The van der Waals surface area contributed by atoms with E-state index in [-0.39, 0.29) is 0 Å². The summed E-state index contributed by atoms with van der Waals surface area (Å²) in [5.74, 6) is 1.18. The van der Waals surface area contributed by atoms with E-state index in [0.29, 0.717) is 18.2 Å². The Hall–Kier alpha value is -1.59. The molecule has 4 nitrogen and oxygen atoms in total. The lowest BCUT2D eigenvalue weighted by molar-refractivity contribution is 0.189. The van der Waals surface area contributed by atoms with Gasteiger partial charge in [-0.15, -0.1) is 0 Å². The van der Waals surface area contributed by atoms with E-state index >= 15 is 0 Å². The SMILES string of the molecule is COc1ncccc1COc1cc(Br)ccc1[C@@H](C)O. The summed E-state index contributed by atoms with van der Waals surface area (Å²) >= 11 is 3.40. The Morgan fingerprint density at radius 1 is 1.35 bits per heavy atom. The van der Waals surface area contributed by atoms with Crippen molar-refractivity contribution in [1.29, 1.82) is 0 Å². The number of halogens is 1. The molecule has 0 unspecified atom stereocenters. The van der Waals surface area contributed by atoms with E-state index in [2.05, 4.69) is 20.9 Å². The summed E-state index contributed by atoms with van der Waals surface area (Å²) in [6, 6.07) is 9.28. The number of benzene rings is 1. The van der Waals surface area contributed by atoms with Gasteiger partial charge < -0.3 is 14.6 Å². The third-order valence-electron chi connectivity index (χ3n) is 2.85. The monoisotopic (exact) mass is 337 g/mol. The maximum Gasteiger partial charge on any atom is 0.219 e. The van der Waals surface area contributed by atoms with Crippen LogP contribution < -0.4 is 9.47 Å². The van der Waals surface area contributed by atoms with Crippen molar-refractivity contribution in [2.75, 3.05) is 7.11 Å². The maximum atomic E-state index is 9.76. The highest BCUT2D eigenvalue weighted by Crippen LogP contribution is 2.29. The standard InChI is InChI=1S/C15H16BrNO3/c1-10(18)13-6-5-12(16)8-14(13)20-9-11-4-3-7-17-15(11)19-2/h3-8,10,18H,9H2,1-2H3/t10-/m1/s1. The molecule has 1 aromatic heterocycles. The van der Waals surface area contributed by atoms with Gasteiger partial charge in [-0.1, -0.05) is 22.0 Å². The molecule has 0 amide bonds. The van der Waals surface area contributed by atoms with Gasteiger partial charge in [0.15, 0.2) is 0 Å². The van der Waals surface area contributed by atoms with Gasteiger partial charge in [-0.05, 0) is 31.2 Å². The quantitative estimate of drug-likeness (QED) is 0.907. The summed E-state index contributed by atoms with van der Waals surface area (Å²) in [6.07, 6.45) is 1.08. The highest BCUT2D eigenvalue weighted by molar-refractivity contribution is 9.10. The lowest BCUT2D eigenvalue weighted by Gasteiger charge is -2.14. The van der Waals surface area contributed by atoms with Crippen LogP contribution in [-0.2, 0) is 6.61 Å². The molecule has 0 aliphatic rings. The Balaban J connectivity index is 2.20. The van der Waals surface area contributed by atoms with Crippen molar-refractivity contribution < 1.29 is 14.6 Å². The average Bonchev–Trinajstić information content (AvgIpc) is 2.45. The molecule has 2 rings (SSSR count).